The molecular weight excluding hydrogens is 292 g/mol. The molecule has 3 nitrogen and oxygen atoms in total. The van der Waals surface area contributed by atoms with Gasteiger partial charge in [0.2, 0.25) is 5.89 Å². The molecule has 0 spiro atoms. The minimum absolute atomic E-state index is 0.321. The molecule has 1 atom stereocenters. The Morgan fingerprint density at radius 1 is 1.50 bits per heavy atom. The van der Waals surface area contributed by atoms with E-state index in [-0.39, 0.29) is 0 Å². The van der Waals surface area contributed by atoms with Crippen molar-refractivity contribution in [1.29, 1.82) is 0 Å². The van der Waals surface area contributed by atoms with Crippen LogP contribution in [0.1, 0.15) is 36.6 Å². The van der Waals surface area contributed by atoms with Gasteiger partial charge in [-0.1, -0.05) is 18.5 Å². The molecule has 1 N–H and O–H groups in total. The number of thioether (sulfide) groups is 1. The highest BCUT2D eigenvalue weighted by Gasteiger charge is 2.21. The standard InChI is InChI=1S/C15H17ClN2OS/c1-2-11-8-18-15(19-11)9-17-13-5-6-20-14-4-3-10(16)7-12(13)14/h3-4,7-8,13,17H,2,5-6,9H2,1H3. The van der Waals surface area contributed by atoms with Crippen LogP contribution in [0.15, 0.2) is 33.7 Å². The van der Waals surface area contributed by atoms with Crippen molar-refractivity contribution < 1.29 is 4.42 Å². The summed E-state index contributed by atoms with van der Waals surface area (Å²) in [6.07, 6.45) is 3.78. The van der Waals surface area contributed by atoms with E-state index in [2.05, 4.69) is 29.4 Å². The van der Waals surface area contributed by atoms with E-state index in [0.29, 0.717) is 12.6 Å². The predicted molar refractivity (Wildman–Crippen MR) is 82.3 cm³/mol. The second-order valence-corrected chi connectivity index (χ2v) is 6.40. The Morgan fingerprint density at radius 2 is 2.40 bits per heavy atom. The van der Waals surface area contributed by atoms with Gasteiger partial charge in [-0.2, -0.15) is 0 Å². The largest absolute Gasteiger partial charge is 0.444 e. The fourth-order valence-electron chi connectivity index (χ4n) is 2.38. The first kappa shape index (κ1) is 14.0. The number of aromatic nitrogens is 1. The molecule has 1 unspecified atom stereocenters. The Hall–Kier alpha value is -0.970. The molecule has 0 amide bonds. The molecule has 0 bridgehead atoms. The van der Waals surface area contributed by atoms with Crippen molar-refractivity contribution >= 4 is 23.4 Å². The summed E-state index contributed by atoms with van der Waals surface area (Å²) < 4.78 is 5.63. The van der Waals surface area contributed by atoms with E-state index in [1.165, 1.54) is 10.5 Å². The number of oxazole rings is 1. The number of hydrogen-bond donors (Lipinski definition) is 1. The van der Waals surface area contributed by atoms with Gasteiger partial charge in [-0.15, -0.1) is 11.8 Å². The first-order valence-corrected chi connectivity index (χ1v) is 8.22. The SMILES string of the molecule is CCc1cnc(CNC2CCSc3ccc(Cl)cc32)o1. The topological polar surface area (TPSA) is 38.1 Å². The molecule has 0 saturated heterocycles. The fourth-order valence-corrected chi connectivity index (χ4v) is 3.67. The summed E-state index contributed by atoms with van der Waals surface area (Å²) in [5, 5.41) is 4.32. The highest BCUT2D eigenvalue weighted by atomic mass is 35.5. The molecule has 1 aromatic carbocycles. The zero-order valence-electron chi connectivity index (χ0n) is 11.4. The van der Waals surface area contributed by atoms with E-state index in [4.69, 9.17) is 16.0 Å². The Morgan fingerprint density at radius 3 is 3.20 bits per heavy atom. The van der Waals surface area contributed by atoms with Crippen LogP contribution < -0.4 is 5.32 Å². The Kier molecular flexibility index (Phi) is 4.34. The molecule has 1 aromatic heterocycles. The predicted octanol–water partition coefficient (Wildman–Crippen LogP) is 4.22. The Bertz CT molecular complexity index is 599. The van der Waals surface area contributed by atoms with Crippen molar-refractivity contribution in [1.82, 2.24) is 10.3 Å². The Labute approximate surface area is 128 Å². The van der Waals surface area contributed by atoms with E-state index >= 15 is 0 Å². The van der Waals surface area contributed by atoms with E-state index in [0.717, 1.165) is 35.3 Å². The first-order chi connectivity index (χ1) is 9.76. The Balaban J connectivity index is 1.71. The van der Waals surface area contributed by atoms with Crippen LogP contribution in [0, 0.1) is 0 Å². The lowest BCUT2D eigenvalue weighted by atomic mass is 10.0. The molecule has 2 heterocycles. The van der Waals surface area contributed by atoms with Crippen LogP contribution >= 0.6 is 23.4 Å². The maximum absolute atomic E-state index is 6.11. The lowest BCUT2D eigenvalue weighted by Gasteiger charge is -2.25. The minimum atomic E-state index is 0.321. The molecule has 0 fully saturated rings. The van der Waals surface area contributed by atoms with Crippen LogP contribution in [-0.4, -0.2) is 10.7 Å². The van der Waals surface area contributed by atoms with Gasteiger partial charge >= 0.3 is 0 Å². The lowest BCUT2D eigenvalue weighted by Crippen LogP contribution is -2.24. The number of benzene rings is 1. The van der Waals surface area contributed by atoms with Crippen LogP contribution in [0.2, 0.25) is 5.02 Å². The second kappa shape index (κ2) is 6.20. The number of aryl methyl sites for hydroxylation is 1. The third kappa shape index (κ3) is 3.03. The molecule has 0 saturated carbocycles. The average Bonchev–Trinajstić information content (AvgIpc) is 2.93. The van der Waals surface area contributed by atoms with Crippen LogP contribution in [0.3, 0.4) is 0 Å². The van der Waals surface area contributed by atoms with Crippen molar-refractivity contribution in [3.05, 3.63) is 46.6 Å². The summed E-state index contributed by atoms with van der Waals surface area (Å²) in [5.41, 5.74) is 1.29. The monoisotopic (exact) mass is 308 g/mol. The number of nitrogens with one attached hydrogen (secondary N) is 1. The first-order valence-electron chi connectivity index (χ1n) is 6.85. The van der Waals surface area contributed by atoms with Gasteiger partial charge in [-0.05, 0) is 35.9 Å². The van der Waals surface area contributed by atoms with Crippen molar-refractivity contribution in [2.24, 2.45) is 0 Å². The minimum Gasteiger partial charge on any atom is -0.444 e. The molecular formula is C15H17ClN2OS. The van der Waals surface area contributed by atoms with Crippen molar-refractivity contribution in [3.63, 3.8) is 0 Å². The fraction of sp³-hybridized carbons (Fsp3) is 0.400. The number of halogens is 1. The normalized spacial score (nSPS) is 18.0. The molecule has 0 aliphatic carbocycles. The van der Waals surface area contributed by atoms with Crippen molar-refractivity contribution in [2.75, 3.05) is 5.75 Å². The van der Waals surface area contributed by atoms with Gasteiger partial charge in [0, 0.05) is 22.4 Å². The molecule has 20 heavy (non-hydrogen) atoms. The van der Waals surface area contributed by atoms with E-state index in [1.54, 1.807) is 6.20 Å². The van der Waals surface area contributed by atoms with E-state index < -0.39 is 0 Å². The van der Waals surface area contributed by atoms with Gasteiger partial charge in [0.1, 0.15) is 5.76 Å². The average molecular weight is 309 g/mol. The number of hydrogen-bond acceptors (Lipinski definition) is 4. The van der Waals surface area contributed by atoms with E-state index in [1.807, 2.05) is 17.8 Å². The molecule has 106 valence electrons. The lowest BCUT2D eigenvalue weighted by molar-refractivity contribution is 0.411. The van der Waals surface area contributed by atoms with Gasteiger partial charge in [0.15, 0.2) is 0 Å². The highest BCUT2D eigenvalue weighted by Crippen LogP contribution is 2.37. The summed E-state index contributed by atoms with van der Waals surface area (Å²) in [6, 6.07) is 6.45. The molecule has 1 aliphatic heterocycles. The molecule has 3 rings (SSSR count). The van der Waals surface area contributed by atoms with Crippen molar-refractivity contribution in [3.8, 4) is 0 Å². The summed E-state index contributed by atoms with van der Waals surface area (Å²) in [6.45, 7) is 2.72. The summed E-state index contributed by atoms with van der Waals surface area (Å²) >= 11 is 8.01. The molecule has 5 heteroatoms. The number of rotatable bonds is 4. The van der Waals surface area contributed by atoms with Gasteiger partial charge in [-0.25, -0.2) is 4.98 Å². The van der Waals surface area contributed by atoms with Gasteiger partial charge in [-0.3, -0.25) is 0 Å². The summed E-state index contributed by atoms with van der Waals surface area (Å²) in [4.78, 5) is 5.60. The van der Waals surface area contributed by atoms with Crippen LogP contribution in [0.4, 0.5) is 0 Å². The maximum Gasteiger partial charge on any atom is 0.208 e. The zero-order valence-corrected chi connectivity index (χ0v) is 12.9. The van der Waals surface area contributed by atoms with Crippen LogP contribution in [-0.2, 0) is 13.0 Å². The van der Waals surface area contributed by atoms with Gasteiger partial charge in [0.05, 0.1) is 12.7 Å². The maximum atomic E-state index is 6.11. The summed E-state index contributed by atoms with van der Waals surface area (Å²) in [7, 11) is 0. The molecule has 2 aromatic rings. The third-order valence-electron chi connectivity index (χ3n) is 3.46. The summed E-state index contributed by atoms with van der Waals surface area (Å²) in [5.74, 6) is 2.81. The van der Waals surface area contributed by atoms with Gasteiger partial charge in [0.25, 0.3) is 0 Å². The molecule has 0 radical (unpaired) electrons. The molecule has 1 aliphatic rings. The van der Waals surface area contributed by atoms with Crippen LogP contribution in [0.25, 0.3) is 0 Å². The highest BCUT2D eigenvalue weighted by molar-refractivity contribution is 7.99. The smallest absolute Gasteiger partial charge is 0.208 e. The number of nitrogens with zero attached hydrogens (tertiary/aromatic N) is 1. The van der Waals surface area contributed by atoms with Crippen molar-refractivity contribution in [2.45, 2.75) is 37.2 Å². The van der Waals surface area contributed by atoms with Gasteiger partial charge < -0.3 is 9.73 Å². The van der Waals surface area contributed by atoms with Crippen LogP contribution in [0.5, 0.6) is 0 Å². The quantitative estimate of drug-likeness (QED) is 0.918. The third-order valence-corrected chi connectivity index (χ3v) is 4.82. The second-order valence-electron chi connectivity index (χ2n) is 4.83. The van der Waals surface area contributed by atoms with E-state index in [9.17, 15) is 0 Å². The zero-order chi connectivity index (χ0) is 13.9. The number of fused-ring (bicyclic) bond motifs is 1.